The Bertz CT molecular complexity index is 1080. The molecule has 0 bridgehead atoms. The standard InChI is InChI=1S/C24H26N2O5S2.2C2H6/c1-15(13-28-2)30-18-10-16(11-19(12-18)31-17-4-6-20(32-3)7-5-17)23(27)26-24-25-21-8-9-29-14-22(21)33-24;2*1-2/h4-7,10-12,15H,8-9,13-14H2,1-3H3,(H,25,26,27);2*1-2H3. The summed E-state index contributed by atoms with van der Waals surface area (Å²) in [4.78, 5) is 19.8. The molecule has 4 rings (SSSR count). The maximum absolute atomic E-state index is 13.1. The Morgan fingerprint density at radius 1 is 1.11 bits per heavy atom. The van der Waals surface area contributed by atoms with Crippen LogP contribution in [0.4, 0.5) is 5.13 Å². The first-order chi connectivity index (χ1) is 18.0. The number of ether oxygens (including phenoxy) is 4. The van der Waals surface area contributed by atoms with E-state index in [-0.39, 0.29) is 12.0 Å². The van der Waals surface area contributed by atoms with Crippen molar-refractivity contribution in [1.29, 1.82) is 0 Å². The van der Waals surface area contributed by atoms with Crippen molar-refractivity contribution in [2.45, 2.75) is 58.6 Å². The number of nitrogens with zero attached hydrogens (tertiary/aromatic N) is 1. The monoisotopic (exact) mass is 546 g/mol. The molecule has 2 aromatic carbocycles. The molecule has 0 saturated carbocycles. The van der Waals surface area contributed by atoms with Gasteiger partial charge in [0.15, 0.2) is 5.13 Å². The van der Waals surface area contributed by atoms with Crippen molar-refractivity contribution in [3.05, 3.63) is 58.6 Å². The van der Waals surface area contributed by atoms with E-state index in [2.05, 4.69) is 10.3 Å². The van der Waals surface area contributed by atoms with Gasteiger partial charge in [-0.05, 0) is 49.6 Å². The molecule has 7 nitrogen and oxygen atoms in total. The lowest BCUT2D eigenvalue weighted by Crippen LogP contribution is -2.18. The van der Waals surface area contributed by atoms with Crippen molar-refractivity contribution in [2.24, 2.45) is 0 Å². The Morgan fingerprint density at radius 2 is 1.81 bits per heavy atom. The summed E-state index contributed by atoms with van der Waals surface area (Å²) in [5.74, 6) is 1.42. The fraction of sp³-hybridized carbons (Fsp3) is 0.429. The average molecular weight is 547 g/mol. The van der Waals surface area contributed by atoms with Gasteiger partial charge in [0.05, 0.1) is 30.4 Å². The highest BCUT2D eigenvalue weighted by molar-refractivity contribution is 7.98. The van der Waals surface area contributed by atoms with Gasteiger partial charge in [0.1, 0.15) is 23.4 Å². The molecule has 1 aliphatic heterocycles. The van der Waals surface area contributed by atoms with Crippen LogP contribution in [0, 0.1) is 0 Å². The molecule has 0 spiro atoms. The average Bonchev–Trinajstić information content (AvgIpc) is 3.34. The fourth-order valence-corrected chi connectivity index (χ4v) is 4.71. The second-order valence-electron chi connectivity index (χ2n) is 7.50. The van der Waals surface area contributed by atoms with Crippen LogP contribution in [0.1, 0.15) is 55.5 Å². The molecule has 1 amide bonds. The van der Waals surface area contributed by atoms with E-state index in [9.17, 15) is 4.79 Å². The molecule has 1 aromatic heterocycles. The molecule has 1 atom stereocenters. The highest BCUT2D eigenvalue weighted by atomic mass is 32.2. The number of thiazole rings is 1. The van der Waals surface area contributed by atoms with Crippen LogP contribution in [0.2, 0.25) is 0 Å². The van der Waals surface area contributed by atoms with Gasteiger partial charge in [0.2, 0.25) is 0 Å². The molecule has 1 unspecified atom stereocenters. The molecular formula is C28H38N2O5S2. The van der Waals surface area contributed by atoms with Gasteiger partial charge in [0.25, 0.3) is 5.91 Å². The van der Waals surface area contributed by atoms with Crippen LogP contribution >= 0.6 is 23.1 Å². The number of benzene rings is 2. The maximum atomic E-state index is 13.1. The minimum Gasteiger partial charge on any atom is -0.488 e. The van der Waals surface area contributed by atoms with Crippen LogP contribution in [0.25, 0.3) is 0 Å². The first-order valence-electron chi connectivity index (χ1n) is 12.5. The van der Waals surface area contributed by atoms with E-state index in [1.807, 2.05) is 65.1 Å². The summed E-state index contributed by atoms with van der Waals surface area (Å²) in [5, 5.41) is 3.46. The largest absolute Gasteiger partial charge is 0.488 e. The molecule has 37 heavy (non-hydrogen) atoms. The number of thioether (sulfide) groups is 1. The van der Waals surface area contributed by atoms with Gasteiger partial charge in [-0.3, -0.25) is 10.1 Å². The molecule has 9 heteroatoms. The molecule has 2 heterocycles. The molecule has 1 aliphatic rings. The van der Waals surface area contributed by atoms with Gasteiger partial charge < -0.3 is 18.9 Å². The van der Waals surface area contributed by atoms with Gasteiger partial charge in [-0.15, -0.1) is 11.8 Å². The van der Waals surface area contributed by atoms with E-state index >= 15 is 0 Å². The number of hydrogen-bond donors (Lipinski definition) is 1. The summed E-state index contributed by atoms with van der Waals surface area (Å²) in [6, 6.07) is 12.9. The summed E-state index contributed by atoms with van der Waals surface area (Å²) < 4.78 is 22.6. The Kier molecular flexibility index (Phi) is 13.5. The number of hydrogen-bond acceptors (Lipinski definition) is 8. The summed E-state index contributed by atoms with van der Waals surface area (Å²) in [6.45, 7) is 11.5. The van der Waals surface area contributed by atoms with Gasteiger partial charge in [-0.1, -0.05) is 39.0 Å². The maximum Gasteiger partial charge on any atom is 0.257 e. The van der Waals surface area contributed by atoms with Gasteiger partial charge in [0, 0.05) is 30.1 Å². The van der Waals surface area contributed by atoms with Crippen molar-refractivity contribution in [2.75, 3.05) is 31.9 Å². The van der Waals surface area contributed by atoms with E-state index in [0.717, 1.165) is 21.9 Å². The van der Waals surface area contributed by atoms with Crippen LogP contribution in [-0.2, 0) is 22.5 Å². The van der Waals surface area contributed by atoms with Crippen molar-refractivity contribution < 1.29 is 23.7 Å². The highest BCUT2D eigenvalue weighted by Gasteiger charge is 2.19. The Morgan fingerprint density at radius 3 is 2.46 bits per heavy atom. The molecule has 0 saturated heterocycles. The topological polar surface area (TPSA) is 78.9 Å². The third-order valence-corrected chi connectivity index (χ3v) is 6.62. The van der Waals surface area contributed by atoms with E-state index < -0.39 is 0 Å². The number of amides is 1. The first-order valence-corrected chi connectivity index (χ1v) is 14.6. The van der Waals surface area contributed by atoms with Crippen LogP contribution in [-0.4, -0.2) is 43.6 Å². The van der Waals surface area contributed by atoms with Gasteiger partial charge in [-0.2, -0.15) is 0 Å². The second-order valence-corrected chi connectivity index (χ2v) is 9.46. The van der Waals surface area contributed by atoms with Gasteiger partial charge >= 0.3 is 0 Å². The fourth-order valence-electron chi connectivity index (χ4n) is 3.36. The van der Waals surface area contributed by atoms with Crippen LogP contribution in [0.15, 0.2) is 47.4 Å². The number of fused-ring (bicyclic) bond motifs is 1. The second kappa shape index (κ2) is 16.3. The van der Waals surface area contributed by atoms with E-state index in [4.69, 9.17) is 18.9 Å². The number of anilines is 1. The van der Waals surface area contributed by atoms with Crippen molar-refractivity contribution in [3.8, 4) is 17.2 Å². The Balaban J connectivity index is 0.00000115. The SMILES string of the molecule is CC.CC.COCC(C)Oc1cc(Oc2ccc(SC)cc2)cc(C(=O)Nc2nc3c(s2)COCC3)c1. The van der Waals surface area contributed by atoms with E-state index in [1.165, 1.54) is 11.3 Å². The van der Waals surface area contributed by atoms with E-state index in [0.29, 0.717) is 47.8 Å². The number of nitrogens with one attached hydrogen (secondary N) is 1. The summed E-state index contributed by atoms with van der Waals surface area (Å²) in [7, 11) is 1.62. The number of rotatable bonds is 9. The summed E-state index contributed by atoms with van der Waals surface area (Å²) in [6.07, 6.45) is 2.59. The molecule has 202 valence electrons. The molecule has 1 N–H and O–H groups in total. The number of methoxy groups -OCH3 is 1. The first kappa shape index (κ1) is 30.6. The minimum absolute atomic E-state index is 0.187. The summed E-state index contributed by atoms with van der Waals surface area (Å²) in [5.41, 5.74) is 1.40. The lowest BCUT2D eigenvalue weighted by molar-refractivity contribution is 0.0916. The molecular weight excluding hydrogens is 508 g/mol. The molecule has 0 fully saturated rings. The third-order valence-electron chi connectivity index (χ3n) is 4.89. The number of carbonyl (C=O) groups excluding carboxylic acids is 1. The zero-order valence-corrected chi connectivity index (χ0v) is 24.4. The quantitative estimate of drug-likeness (QED) is 0.279. The zero-order valence-electron chi connectivity index (χ0n) is 22.8. The molecule has 3 aromatic rings. The van der Waals surface area contributed by atoms with Crippen LogP contribution in [0.5, 0.6) is 17.2 Å². The minimum atomic E-state index is -0.283. The summed E-state index contributed by atoms with van der Waals surface area (Å²) >= 11 is 3.10. The van der Waals surface area contributed by atoms with E-state index in [1.54, 1.807) is 37.1 Å². The van der Waals surface area contributed by atoms with Crippen LogP contribution in [0.3, 0.4) is 0 Å². The van der Waals surface area contributed by atoms with Crippen molar-refractivity contribution in [3.63, 3.8) is 0 Å². The normalized spacial score (nSPS) is 12.6. The Hall–Kier alpha value is -2.59. The zero-order chi connectivity index (χ0) is 27.2. The molecule has 0 radical (unpaired) electrons. The van der Waals surface area contributed by atoms with Crippen molar-refractivity contribution in [1.82, 2.24) is 4.98 Å². The predicted octanol–water partition coefficient (Wildman–Crippen LogP) is 7.45. The lowest BCUT2D eigenvalue weighted by Gasteiger charge is -2.16. The number of aromatic nitrogens is 1. The van der Waals surface area contributed by atoms with Crippen molar-refractivity contribution >= 4 is 34.1 Å². The predicted molar refractivity (Wildman–Crippen MR) is 153 cm³/mol. The third kappa shape index (κ3) is 9.34. The highest BCUT2D eigenvalue weighted by Crippen LogP contribution is 2.31. The lowest BCUT2D eigenvalue weighted by atomic mass is 10.2. The Labute approximate surface area is 228 Å². The van der Waals surface area contributed by atoms with Crippen LogP contribution < -0.4 is 14.8 Å². The number of carbonyl (C=O) groups is 1. The van der Waals surface area contributed by atoms with Gasteiger partial charge in [-0.25, -0.2) is 4.98 Å². The molecule has 0 aliphatic carbocycles. The smallest absolute Gasteiger partial charge is 0.257 e.